The molecule has 0 rings (SSSR count). The zero-order valence-corrected chi connectivity index (χ0v) is 48.2. The molecule has 2 N–H and O–H groups in total. The molecule has 12 heteroatoms. The first kappa shape index (κ1) is 70.9. The molecule has 0 fully saturated rings. The van der Waals surface area contributed by atoms with Gasteiger partial charge in [0, 0.05) is 19.3 Å². The van der Waals surface area contributed by atoms with Crippen molar-refractivity contribution in [1.82, 2.24) is 0 Å². The minimum Gasteiger partial charge on any atom is -0.462 e. The number of aliphatic hydroxyl groups excluding tert-OH is 1. The molecule has 0 bridgehead atoms. The summed E-state index contributed by atoms with van der Waals surface area (Å²) in [7, 11) is -4.77. The lowest BCUT2D eigenvalue weighted by Crippen LogP contribution is -2.30. The molecule has 0 heterocycles. The first-order valence-electron chi connectivity index (χ1n) is 29.8. The number of aliphatic hydroxyl groups is 1. The number of unbranched alkanes of at least 4 members (excludes halogenated alkanes) is 26. The highest BCUT2D eigenvalue weighted by Gasteiger charge is 2.28. The highest BCUT2D eigenvalue weighted by molar-refractivity contribution is 7.47. The predicted molar refractivity (Wildman–Crippen MR) is 307 cm³/mol. The lowest BCUT2D eigenvalue weighted by molar-refractivity contribution is -0.161. The summed E-state index contributed by atoms with van der Waals surface area (Å²) in [6.45, 7) is 4.45. The summed E-state index contributed by atoms with van der Waals surface area (Å²) >= 11 is 0. The fourth-order valence-corrected chi connectivity index (χ4v) is 8.85. The molecular formula is C62H109O11P. The molecule has 0 radical (unpaired) electrons. The van der Waals surface area contributed by atoms with Crippen LogP contribution < -0.4 is 0 Å². The van der Waals surface area contributed by atoms with Gasteiger partial charge in [-0.1, -0.05) is 222 Å². The summed E-state index contributed by atoms with van der Waals surface area (Å²) in [5.74, 6) is -1.56. The van der Waals surface area contributed by atoms with Gasteiger partial charge in [-0.25, -0.2) is 4.57 Å². The zero-order valence-electron chi connectivity index (χ0n) is 47.3. The van der Waals surface area contributed by atoms with Crippen LogP contribution in [0.5, 0.6) is 0 Å². The van der Waals surface area contributed by atoms with E-state index < -0.39 is 57.8 Å². The molecular weight excluding hydrogens is 952 g/mol. The maximum absolute atomic E-state index is 12.9. The van der Waals surface area contributed by atoms with Crippen molar-refractivity contribution in [1.29, 1.82) is 0 Å². The van der Waals surface area contributed by atoms with Gasteiger partial charge >= 0.3 is 25.7 Å². The van der Waals surface area contributed by atoms with Gasteiger partial charge in [0.15, 0.2) is 6.10 Å². The maximum atomic E-state index is 12.9. The largest absolute Gasteiger partial charge is 0.472 e. The van der Waals surface area contributed by atoms with E-state index in [0.717, 1.165) is 83.5 Å². The Kier molecular flexibility index (Phi) is 53.8. The lowest BCUT2D eigenvalue weighted by Gasteiger charge is -2.21. The Bertz CT molecular complexity index is 1520. The van der Waals surface area contributed by atoms with Crippen molar-refractivity contribution in [2.24, 2.45) is 0 Å². The van der Waals surface area contributed by atoms with Gasteiger partial charge < -0.3 is 24.2 Å². The van der Waals surface area contributed by atoms with Gasteiger partial charge in [0.1, 0.15) is 12.7 Å². The molecule has 0 aliphatic heterocycles. The number of esters is 3. The van der Waals surface area contributed by atoms with Crippen LogP contribution in [-0.4, -0.2) is 66.5 Å². The van der Waals surface area contributed by atoms with E-state index in [2.05, 4.69) is 81.5 Å². The second kappa shape index (κ2) is 56.1. The fraction of sp³-hybridized carbons (Fsp3) is 0.758. The Morgan fingerprint density at radius 1 is 0.392 bits per heavy atom. The van der Waals surface area contributed by atoms with E-state index in [4.69, 9.17) is 23.3 Å². The lowest BCUT2D eigenvalue weighted by atomic mass is 10.1. The quantitative estimate of drug-likeness (QED) is 0.0197. The van der Waals surface area contributed by atoms with Gasteiger partial charge in [0.2, 0.25) is 0 Å². The van der Waals surface area contributed by atoms with E-state index in [1.165, 1.54) is 122 Å². The van der Waals surface area contributed by atoms with Crippen LogP contribution >= 0.6 is 7.82 Å². The molecule has 0 saturated heterocycles. The second-order valence-corrected chi connectivity index (χ2v) is 21.2. The highest BCUT2D eigenvalue weighted by Crippen LogP contribution is 2.43. The van der Waals surface area contributed by atoms with Crippen LogP contribution in [-0.2, 0) is 42.2 Å². The molecule has 428 valence electrons. The Balaban J connectivity index is 4.77. The first-order valence-corrected chi connectivity index (χ1v) is 31.3. The van der Waals surface area contributed by atoms with E-state index in [1.54, 1.807) is 0 Å². The molecule has 74 heavy (non-hydrogen) atoms. The van der Waals surface area contributed by atoms with E-state index in [0.29, 0.717) is 19.3 Å². The molecule has 3 unspecified atom stereocenters. The number of ether oxygens (including phenoxy) is 3. The topological polar surface area (TPSA) is 155 Å². The van der Waals surface area contributed by atoms with Crippen LogP contribution in [0.2, 0.25) is 0 Å². The van der Waals surface area contributed by atoms with Crippen molar-refractivity contribution in [2.45, 2.75) is 277 Å². The van der Waals surface area contributed by atoms with E-state index in [1.807, 2.05) is 12.2 Å². The average Bonchev–Trinajstić information content (AvgIpc) is 3.39. The Morgan fingerprint density at radius 2 is 0.730 bits per heavy atom. The van der Waals surface area contributed by atoms with E-state index >= 15 is 0 Å². The summed E-state index contributed by atoms with van der Waals surface area (Å²) in [4.78, 5) is 48.5. The van der Waals surface area contributed by atoms with Crippen LogP contribution in [0, 0.1) is 0 Å². The molecule has 0 aliphatic rings. The third-order valence-corrected chi connectivity index (χ3v) is 13.5. The Hall–Kier alpha value is -3.08. The third-order valence-electron chi connectivity index (χ3n) is 12.6. The molecule has 0 aliphatic carbocycles. The number of phosphoric ester groups is 1. The van der Waals surface area contributed by atoms with Crippen LogP contribution in [0.25, 0.3) is 0 Å². The first-order chi connectivity index (χ1) is 36.2. The predicted octanol–water partition coefficient (Wildman–Crippen LogP) is 17.7. The number of allylic oxidation sites excluding steroid dienone is 12. The summed E-state index contributed by atoms with van der Waals surface area (Å²) in [5, 5.41) is 9.79. The van der Waals surface area contributed by atoms with Crippen LogP contribution in [0.15, 0.2) is 72.9 Å². The number of carbonyl (C=O) groups is 3. The number of carbonyl (C=O) groups excluding carboxylic acids is 3. The molecule has 0 amide bonds. The molecule has 0 aromatic rings. The molecule has 0 aromatic heterocycles. The maximum Gasteiger partial charge on any atom is 0.472 e. The van der Waals surface area contributed by atoms with Crippen molar-refractivity contribution in [2.75, 3.05) is 26.4 Å². The van der Waals surface area contributed by atoms with Gasteiger partial charge in [-0.2, -0.15) is 0 Å². The van der Waals surface area contributed by atoms with Gasteiger partial charge in [-0.15, -0.1) is 0 Å². The van der Waals surface area contributed by atoms with Crippen LogP contribution in [0.1, 0.15) is 265 Å². The summed E-state index contributed by atoms with van der Waals surface area (Å²) in [5.41, 5.74) is 0. The summed E-state index contributed by atoms with van der Waals surface area (Å²) < 4.78 is 39.5. The summed E-state index contributed by atoms with van der Waals surface area (Å²) in [6.07, 6.45) is 63.1. The smallest absolute Gasteiger partial charge is 0.462 e. The number of hydrogen-bond acceptors (Lipinski definition) is 10. The zero-order chi connectivity index (χ0) is 54.1. The second-order valence-electron chi connectivity index (χ2n) is 19.8. The third kappa shape index (κ3) is 53.7. The number of rotatable bonds is 55. The molecule has 11 nitrogen and oxygen atoms in total. The Morgan fingerprint density at radius 3 is 1.16 bits per heavy atom. The van der Waals surface area contributed by atoms with Crippen molar-refractivity contribution in [3.63, 3.8) is 0 Å². The van der Waals surface area contributed by atoms with Gasteiger partial charge in [0.05, 0.1) is 19.8 Å². The fourth-order valence-electron chi connectivity index (χ4n) is 8.07. The minimum atomic E-state index is -4.77. The minimum absolute atomic E-state index is 0.0545. The van der Waals surface area contributed by atoms with Crippen molar-refractivity contribution in [3.05, 3.63) is 72.9 Å². The number of phosphoric acid groups is 1. The highest BCUT2D eigenvalue weighted by atomic mass is 31.2. The molecule has 0 spiro atoms. The van der Waals surface area contributed by atoms with E-state index in [-0.39, 0.29) is 25.9 Å². The van der Waals surface area contributed by atoms with Crippen LogP contribution in [0.4, 0.5) is 0 Å². The van der Waals surface area contributed by atoms with Gasteiger partial charge in [-0.05, 0) is 96.3 Å². The standard InChI is InChI=1S/C62H109O11P/c1-4-7-10-13-16-19-22-25-27-28-29-30-32-35-38-41-44-47-50-53-62(66)73-59(55-69-60(64)51-48-45-42-39-36-34-31-26-23-20-17-14-11-8-5-2)57-71-74(67,68)70-56-58(54-63)72-61(65)52-49-46-43-40-37-33-24-21-18-15-12-9-6-3/h9,12,18,21,25-27,31,33,37,43,46,58-59,63H,4-8,10-11,13-17,19-20,22-24,28-30,32,34-36,38-42,44-45,47-57H2,1-3H3,(H,67,68)/b12-9-,21-18-,27-25-,31-26-,37-33-,46-43-. The molecule has 0 aromatic carbocycles. The SMILES string of the molecule is CC/C=C\C/C=C\C/C=C\C/C=C\CCC(=O)OC(CO)COP(=O)(O)OCC(COC(=O)CCCCCCC/C=C\CCCCCCCC)OC(=O)CCCCCCCCCCC/C=C\CCCCCCCC. The van der Waals surface area contributed by atoms with Gasteiger partial charge in [-0.3, -0.25) is 23.4 Å². The monoisotopic (exact) mass is 1060 g/mol. The Labute approximate surface area is 452 Å². The normalized spacial score (nSPS) is 13.9. The molecule has 3 atom stereocenters. The average molecular weight is 1060 g/mol. The van der Waals surface area contributed by atoms with Crippen LogP contribution in [0.3, 0.4) is 0 Å². The van der Waals surface area contributed by atoms with Gasteiger partial charge in [0.25, 0.3) is 0 Å². The van der Waals surface area contributed by atoms with E-state index in [9.17, 15) is 28.9 Å². The molecule has 0 saturated carbocycles. The number of hydrogen-bond donors (Lipinski definition) is 2. The summed E-state index contributed by atoms with van der Waals surface area (Å²) in [6, 6.07) is 0. The van der Waals surface area contributed by atoms with Crippen molar-refractivity contribution >= 4 is 25.7 Å². The van der Waals surface area contributed by atoms with Crippen molar-refractivity contribution < 1.29 is 52.2 Å². The van der Waals surface area contributed by atoms with Crippen molar-refractivity contribution in [3.8, 4) is 0 Å².